The Morgan fingerprint density at radius 2 is 1.05 bits per heavy atom. The molecular formula is C54H40N4. The van der Waals surface area contributed by atoms with Gasteiger partial charge >= 0.3 is 0 Å². The van der Waals surface area contributed by atoms with Crippen LogP contribution in [0.5, 0.6) is 0 Å². The van der Waals surface area contributed by atoms with E-state index in [9.17, 15) is 0 Å². The second-order valence-corrected chi connectivity index (χ2v) is 16.3. The monoisotopic (exact) mass is 744 g/mol. The number of anilines is 2. The van der Waals surface area contributed by atoms with Gasteiger partial charge in [0, 0.05) is 68.0 Å². The Bertz CT molecular complexity index is 3270. The number of aromatic nitrogens is 3. The van der Waals surface area contributed by atoms with Crippen molar-refractivity contribution in [2.45, 2.75) is 38.0 Å². The number of aryl methyl sites for hydroxylation is 2. The molecule has 0 saturated carbocycles. The van der Waals surface area contributed by atoms with Gasteiger partial charge in [-0.1, -0.05) is 103 Å². The fourth-order valence-electron chi connectivity index (χ4n) is 10.9. The fraction of sp³-hybridized carbons (Fsp3) is 0.111. The molecule has 0 fully saturated rings. The molecule has 6 aromatic carbocycles. The van der Waals surface area contributed by atoms with Gasteiger partial charge in [-0.05, 0) is 115 Å². The maximum Gasteiger partial charge on any atom is 0.0684 e. The van der Waals surface area contributed by atoms with Crippen LogP contribution in [0.2, 0.25) is 0 Å². The van der Waals surface area contributed by atoms with Gasteiger partial charge in [0.2, 0.25) is 0 Å². The van der Waals surface area contributed by atoms with Gasteiger partial charge in [-0.3, -0.25) is 0 Å². The second-order valence-electron chi connectivity index (χ2n) is 16.3. The van der Waals surface area contributed by atoms with Crippen LogP contribution < -0.4 is 4.90 Å². The normalized spacial score (nSPS) is 17.0. The lowest BCUT2D eigenvalue weighted by atomic mass is 9.88. The Hall–Kier alpha value is -7.04. The lowest BCUT2D eigenvalue weighted by Crippen LogP contribution is -2.21. The molecule has 58 heavy (non-hydrogen) atoms. The molecule has 0 bridgehead atoms. The van der Waals surface area contributed by atoms with Gasteiger partial charge in [-0.2, -0.15) is 0 Å². The lowest BCUT2D eigenvalue weighted by Gasteiger charge is -2.32. The molecule has 4 heteroatoms. The predicted octanol–water partition coefficient (Wildman–Crippen LogP) is 13.7. The van der Waals surface area contributed by atoms with Gasteiger partial charge in [0.15, 0.2) is 0 Å². The minimum Gasteiger partial charge on any atom is -0.313 e. The molecule has 13 rings (SSSR count). The fourth-order valence-corrected chi connectivity index (χ4v) is 10.9. The Balaban J connectivity index is 1.12. The maximum atomic E-state index is 2.62. The molecule has 0 amide bonds. The number of para-hydroxylation sites is 5. The van der Waals surface area contributed by atoms with Crippen LogP contribution in [0.25, 0.3) is 72.8 Å². The minimum absolute atomic E-state index is 0.150. The number of benzene rings is 6. The topological polar surface area (TPSA) is 18.0 Å². The lowest BCUT2D eigenvalue weighted by molar-refractivity contribution is 0.800. The average Bonchev–Trinajstić information content (AvgIpc) is 4.01. The van der Waals surface area contributed by atoms with Gasteiger partial charge in [-0.25, -0.2) is 0 Å². The van der Waals surface area contributed by atoms with Crippen molar-refractivity contribution in [1.29, 1.82) is 0 Å². The molecule has 0 saturated heterocycles. The van der Waals surface area contributed by atoms with Crippen LogP contribution in [0.4, 0.5) is 11.4 Å². The van der Waals surface area contributed by atoms with Crippen molar-refractivity contribution in [1.82, 2.24) is 13.7 Å². The van der Waals surface area contributed by atoms with Gasteiger partial charge in [0.25, 0.3) is 0 Å². The van der Waals surface area contributed by atoms with Crippen LogP contribution in [-0.2, 0) is 12.8 Å². The summed E-state index contributed by atoms with van der Waals surface area (Å²) in [7, 11) is 0. The largest absolute Gasteiger partial charge is 0.313 e. The first-order valence-electron chi connectivity index (χ1n) is 20.8. The zero-order valence-corrected chi connectivity index (χ0v) is 32.1. The summed E-state index contributed by atoms with van der Waals surface area (Å²) in [5.74, 6) is 0.150. The SMILES string of the molecule is C1=Cc2c(c3ccccc3n2C2=C3C(CC(n4c5ccccc5c5ccccc54)=C2)c2ccccc2N3c2ccc3c(c2)c2c(n3-c3ccccc3)C=CCC2)CC1. The molecule has 0 spiro atoms. The summed E-state index contributed by atoms with van der Waals surface area (Å²) in [5, 5.41) is 5.29. The van der Waals surface area contributed by atoms with E-state index in [0.29, 0.717) is 0 Å². The van der Waals surface area contributed by atoms with E-state index in [1.54, 1.807) is 0 Å². The molecule has 9 aromatic rings. The van der Waals surface area contributed by atoms with Crippen LogP contribution in [-0.4, -0.2) is 13.7 Å². The summed E-state index contributed by atoms with van der Waals surface area (Å²) < 4.78 is 7.62. The molecule has 1 atom stereocenters. The number of hydrogen-bond donors (Lipinski definition) is 0. The summed E-state index contributed by atoms with van der Waals surface area (Å²) in [6.45, 7) is 0. The number of hydrogen-bond acceptors (Lipinski definition) is 1. The van der Waals surface area contributed by atoms with Crippen molar-refractivity contribution < 1.29 is 0 Å². The first kappa shape index (κ1) is 32.1. The number of allylic oxidation sites excluding steroid dienone is 6. The quantitative estimate of drug-likeness (QED) is 0.175. The highest BCUT2D eigenvalue weighted by Gasteiger charge is 2.41. The summed E-state index contributed by atoms with van der Waals surface area (Å²) >= 11 is 0. The number of fused-ring (bicyclic) bond motifs is 12. The molecule has 3 aromatic heterocycles. The third-order valence-electron chi connectivity index (χ3n) is 13.3. The standard InChI is InChI=1S/C54H40N4/c1-2-16-35(17-3-1)55-48-26-12-8-22-42(48)44-32-36(30-31-52(44)55)57-49-27-13-9-23-43(49)45-33-37(56-46-24-10-4-18-38(46)39-19-5-11-25-47(39)56)34-53(54(45)57)58-50-28-14-6-20-40(50)41-21-7-15-29-51(41)58/h1-6,9-20,23-32,34,45H,7-8,21-22,33H2. The van der Waals surface area contributed by atoms with Crippen LogP contribution in [0.3, 0.4) is 0 Å². The van der Waals surface area contributed by atoms with Gasteiger partial charge in [0.1, 0.15) is 0 Å². The molecule has 4 heterocycles. The highest BCUT2D eigenvalue weighted by molar-refractivity contribution is 6.11. The van der Waals surface area contributed by atoms with Crippen LogP contribution in [0.1, 0.15) is 53.3 Å². The molecule has 0 radical (unpaired) electrons. The zero-order chi connectivity index (χ0) is 37.9. The van der Waals surface area contributed by atoms with Gasteiger partial charge in [-0.15, -0.1) is 0 Å². The highest BCUT2D eigenvalue weighted by Crippen LogP contribution is 2.56. The van der Waals surface area contributed by atoms with Crippen molar-refractivity contribution in [2.75, 3.05) is 4.90 Å². The summed E-state index contributed by atoms with van der Waals surface area (Å²) in [6, 6.07) is 54.2. The smallest absolute Gasteiger partial charge is 0.0684 e. The van der Waals surface area contributed by atoms with Crippen LogP contribution >= 0.6 is 0 Å². The van der Waals surface area contributed by atoms with E-state index in [1.807, 2.05) is 0 Å². The van der Waals surface area contributed by atoms with E-state index in [2.05, 4.69) is 195 Å². The van der Waals surface area contributed by atoms with E-state index in [1.165, 1.54) is 106 Å². The van der Waals surface area contributed by atoms with E-state index in [-0.39, 0.29) is 5.92 Å². The van der Waals surface area contributed by atoms with Crippen LogP contribution in [0.15, 0.2) is 170 Å². The molecular weight excluding hydrogens is 705 g/mol. The minimum atomic E-state index is 0.150. The third-order valence-corrected chi connectivity index (χ3v) is 13.3. The van der Waals surface area contributed by atoms with E-state index in [4.69, 9.17) is 0 Å². The van der Waals surface area contributed by atoms with E-state index in [0.717, 1.165) is 32.1 Å². The molecule has 4 nitrogen and oxygen atoms in total. The third kappa shape index (κ3) is 4.40. The first-order chi connectivity index (χ1) is 28.8. The molecule has 1 unspecified atom stereocenters. The number of nitrogens with zero attached hydrogens (tertiary/aromatic N) is 4. The van der Waals surface area contributed by atoms with Crippen molar-refractivity contribution in [3.8, 4) is 5.69 Å². The Morgan fingerprint density at radius 3 is 1.79 bits per heavy atom. The zero-order valence-electron chi connectivity index (χ0n) is 32.1. The second kappa shape index (κ2) is 12.2. The summed E-state index contributed by atoms with van der Waals surface area (Å²) in [6.07, 6.45) is 17.1. The summed E-state index contributed by atoms with van der Waals surface area (Å²) in [4.78, 5) is 2.62. The molecule has 1 aliphatic heterocycles. The van der Waals surface area contributed by atoms with Crippen molar-refractivity contribution in [3.05, 3.63) is 198 Å². The van der Waals surface area contributed by atoms with Crippen molar-refractivity contribution >= 4 is 78.5 Å². The van der Waals surface area contributed by atoms with E-state index < -0.39 is 0 Å². The maximum absolute atomic E-state index is 2.62. The molecule has 4 aliphatic rings. The van der Waals surface area contributed by atoms with Gasteiger partial charge in [0.05, 0.1) is 33.5 Å². The molecule has 276 valence electrons. The Kier molecular flexibility index (Phi) is 6.77. The first-order valence-corrected chi connectivity index (χ1v) is 20.8. The Labute approximate surface area is 337 Å². The van der Waals surface area contributed by atoms with Crippen LogP contribution in [0, 0.1) is 0 Å². The Morgan fingerprint density at radius 1 is 0.466 bits per heavy atom. The predicted molar refractivity (Wildman–Crippen MR) is 243 cm³/mol. The van der Waals surface area contributed by atoms with Gasteiger partial charge < -0.3 is 18.6 Å². The summed E-state index contributed by atoms with van der Waals surface area (Å²) in [5.41, 5.74) is 19.5. The number of rotatable bonds is 4. The molecule has 0 N–H and O–H groups in total. The average molecular weight is 745 g/mol. The van der Waals surface area contributed by atoms with Crippen molar-refractivity contribution in [2.24, 2.45) is 0 Å². The molecule has 3 aliphatic carbocycles. The highest BCUT2D eigenvalue weighted by atomic mass is 15.2. The van der Waals surface area contributed by atoms with E-state index >= 15 is 0 Å². The van der Waals surface area contributed by atoms with Crippen molar-refractivity contribution in [3.63, 3.8) is 0 Å².